The van der Waals surface area contributed by atoms with Crippen LogP contribution in [-0.4, -0.2) is 164 Å². The smallest absolute Gasteiger partial charge is 0.326 e. The fraction of sp³-hybridized carbons (Fsp3) is 0.847. The Bertz CT molecular complexity index is 2110. The molecule has 6 rings (SSSR count). The number of fused-ring (bicyclic) bond motifs is 8. The summed E-state index contributed by atoms with van der Waals surface area (Å²) in [4.78, 5) is 86.0. The molecule has 5 amide bonds. The third-order valence-corrected chi connectivity index (χ3v) is 20.1. The van der Waals surface area contributed by atoms with Crippen LogP contribution in [0.2, 0.25) is 0 Å². The first-order valence-electron chi connectivity index (χ1n) is 30.9. The molecule has 21 atom stereocenters. The molecule has 22 nitrogen and oxygen atoms in total. The topological polar surface area (TPSA) is 349 Å². The zero-order valence-electron chi connectivity index (χ0n) is 48.8. The maximum Gasteiger partial charge on any atom is 0.326 e. The molecule has 22 heteroatoms. The summed E-state index contributed by atoms with van der Waals surface area (Å²) in [6, 6.07) is -2.27. The number of carbonyl (C=O) groups is 7. The molecule has 5 heterocycles. The molecule has 5 saturated heterocycles. The molecule has 0 spiro atoms. The standard InChI is InChI=1S/C59H101N9O13/c1-7-35-31(3)42-28-44-33(5)37(54(65-44)38-27-48(69)53-34(6)45(66-55(38)53)30-47-36(8-2)32(4)43(63-47)29-46(35)62-42)21-23-50(71)61-26-15-13-17-39(56(75)76)64-51(72)20-12-10-9-11-19-49(70)60-25-16-14-18-40(57(77)78)67-59(81)68-41(58(79)80)22-24-52(73)74/h7,31-48,52-55,62-63,65-66,69,73-74H,1,8-30H2,2-6H3,(H,60,70)(H,61,71)(H,64,72)(H,75,76)(H,77,78)(H,79,80)(H2,67,68,81). The molecule has 8 bridgehead atoms. The number of hydrogen-bond donors (Lipinski definition) is 15. The van der Waals surface area contributed by atoms with Gasteiger partial charge in [0.2, 0.25) is 17.7 Å². The summed E-state index contributed by atoms with van der Waals surface area (Å²) in [5, 5.41) is 87.8. The number of carbonyl (C=O) groups excluding carboxylic acids is 4. The highest BCUT2D eigenvalue weighted by atomic mass is 16.5. The van der Waals surface area contributed by atoms with Crippen LogP contribution >= 0.6 is 0 Å². The van der Waals surface area contributed by atoms with Gasteiger partial charge in [-0.05, 0) is 137 Å². The summed E-state index contributed by atoms with van der Waals surface area (Å²) in [6.45, 7) is 16.9. The second-order valence-corrected chi connectivity index (χ2v) is 25.2. The Morgan fingerprint density at radius 3 is 1.62 bits per heavy atom. The summed E-state index contributed by atoms with van der Waals surface area (Å²) in [6.07, 6.45) is 10.6. The molecule has 1 saturated carbocycles. The van der Waals surface area contributed by atoms with Gasteiger partial charge in [-0.2, -0.15) is 0 Å². The molecule has 81 heavy (non-hydrogen) atoms. The summed E-state index contributed by atoms with van der Waals surface area (Å²) >= 11 is 0. The SMILES string of the molecule is C=CC1C2CC3NC(CC4NC5C(CC(O)C5C4C)C4NC(CC(N2)C1C)C(C)C4CCC(=O)NCCCCC(NC(=O)CCCCCCC(=O)NCCCCC(NC(=O)NC(CCC(O)O)C(=O)O)C(=O)O)C(=O)O)C(CC)C3C. The van der Waals surface area contributed by atoms with Crippen molar-refractivity contribution in [3.63, 3.8) is 0 Å². The van der Waals surface area contributed by atoms with E-state index in [4.69, 9.17) is 10.2 Å². The Labute approximate surface area is 479 Å². The van der Waals surface area contributed by atoms with E-state index in [0.29, 0.717) is 130 Å². The van der Waals surface area contributed by atoms with E-state index in [1.165, 1.54) is 0 Å². The lowest BCUT2D eigenvalue weighted by molar-refractivity contribution is -0.142. The molecule has 1 aliphatic carbocycles. The van der Waals surface area contributed by atoms with Gasteiger partial charge in [0.05, 0.1) is 6.10 Å². The van der Waals surface area contributed by atoms with E-state index >= 15 is 0 Å². The molecular formula is C59H101N9O13. The minimum Gasteiger partial charge on any atom is -0.480 e. The number of carboxylic acids is 3. The van der Waals surface area contributed by atoms with E-state index in [1.807, 2.05) is 0 Å². The quantitative estimate of drug-likeness (QED) is 0.0269. The van der Waals surface area contributed by atoms with E-state index in [0.717, 1.165) is 38.5 Å². The van der Waals surface area contributed by atoms with Gasteiger partial charge in [0, 0.05) is 93.0 Å². The van der Waals surface area contributed by atoms with Crippen LogP contribution in [0.5, 0.6) is 0 Å². The average Bonchev–Trinajstić information content (AvgIpc) is 4.37. The molecule has 0 radical (unpaired) electrons. The maximum atomic E-state index is 13.5. The Balaban J connectivity index is 0.866. The fourth-order valence-electron chi connectivity index (χ4n) is 15.4. The van der Waals surface area contributed by atoms with Crippen molar-refractivity contribution in [3.8, 4) is 0 Å². The number of rotatable bonds is 31. The third-order valence-electron chi connectivity index (χ3n) is 20.1. The molecule has 6 fully saturated rings. The van der Waals surface area contributed by atoms with E-state index in [1.54, 1.807) is 0 Å². The van der Waals surface area contributed by atoms with Crippen molar-refractivity contribution < 1.29 is 64.2 Å². The van der Waals surface area contributed by atoms with Crippen LogP contribution in [0.4, 0.5) is 4.79 Å². The first-order valence-corrected chi connectivity index (χ1v) is 30.9. The number of aliphatic hydroxyl groups is 3. The predicted molar refractivity (Wildman–Crippen MR) is 304 cm³/mol. The van der Waals surface area contributed by atoms with Crippen molar-refractivity contribution >= 4 is 41.7 Å². The van der Waals surface area contributed by atoms with E-state index in [2.05, 4.69) is 95.1 Å². The minimum absolute atomic E-state index is 0.0227. The number of carboxylic acid groups (broad SMARTS) is 3. The van der Waals surface area contributed by atoms with Gasteiger partial charge in [0.15, 0.2) is 6.29 Å². The van der Waals surface area contributed by atoms with Crippen molar-refractivity contribution in [1.29, 1.82) is 0 Å². The fourth-order valence-corrected chi connectivity index (χ4v) is 15.4. The van der Waals surface area contributed by atoms with Crippen LogP contribution in [0.15, 0.2) is 12.7 Å². The number of nitrogens with one attached hydrogen (secondary N) is 9. The van der Waals surface area contributed by atoms with Gasteiger partial charge in [-0.3, -0.25) is 14.4 Å². The second kappa shape index (κ2) is 31.4. The number of aliphatic hydroxyl groups excluding tert-OH is 2. The van der Waals surface area contributed by atoms with Crippen LogP contribution in [0.3, 0.4) is 0 Å². The van der Waals surface area contributed by atoms with Crippen LogP contribution < -0.4 is 47.9 Å². The number of hydrogen-bond acceptors (Lipinski definition) is 14. The van der Waals surface area contributed by atoms with Crippen molar-refractivity contribution in [2.24, 2.45) is 53.3 Å². The number of amides is 5. The van der Waals surface area contributed by atoms with Crippen LogP contribution in [0, 0.1) is 53.3 Å². The van der Waals surface area contributed by atoms with Gasteiger partial charge >= 0.3 is 23.9 Å². The molecule has 5 aliphatic heterocycles. The summed E-state index contributed by atoms with van der Waals surface area (Å²) in [7, 11) is 0. The van der Waals surface area contributed by atoms with E-state index in [9.17, 15) is 54.0 Å². The van der Waals surface area contributed by atoms with Gasteiger partial charge < -0.3 is 78.5 Å². The average molecular weight is 1140 g/mol. The van der Waals surface area contributed by atoms with Gasteiger partial charge in [0.25, 0.3) is 0 Å². The summed E-state index contributed by atoms with van der Waals surface area (Å²) < 4.78 is 0. The zero-order chi connectivity index (χ0) is 59.1. The molecular weight excluding hydrogens is 1040 g/mol. The Morgan fingerprint density at radius 1 is 0.531 bits per heavy atom. The third kappa shape index (κ3) is 18.0. The van der Waals surface area contributed by atoms with Gasteiger partial charge in [-0.1, -0.05) is 60.0 Å². The highest BCUT2D eigenvalue weighted by Crippen LogP contribution is 2.50. The number of urea groups is 1. The molecule has 21 unspecified atom stereocenters. The first-order chi connectivity index (χ1) is 38.6. The highest BCUT2D eigenvalue weighted by Gasteiger charge is 2.58. The Hall–Kier alpha value is -4.45. The Morgan fingerprint density at radius 2 is 1.02 bits per heavy atom. The molecule has 0 aromatic heterocycles. The highest BCUT2D eigenvalue weighted by molar-refractivity contribution is 5.86. The van der Waals surface area contributed by atoms with Crippen molar-refractivity contribution in [2.75, 3.05) is 13.1 Å². The first kappa shape index (κ1) is 65.7. The van der Waals surface area contributed by atoms with Crippen molar-refractivity contribution in [1.82, 2.24) is 47.9 Å². The molecule has 460 valence electrons. The van der Waals surface area contributed by atoms with E-state index < -0.39 is 48.4 Å². The summed E-state index contributed by atoms with van der Waals surface area (Å²) in [5.41, 5.74) is 0. The monoisotopic (exact) mass is 1140 g/mol. The molecule has 0 aromatic rings. The molecule has 6 aliphatic rings. The van der Waals surface area contributed by atoms with Gasteiger partial charge in [-0.15, -0.1) is 6.58 Å². The van der Waals surface area contributed by atoms with Crippen molar-refractivity contribution in [2.45, 2.75) is 248 Å². The number of aliphatic carboxylic acids is 3. The lowest BCUT2D eigenvalue weighted by Gasteiger charge is -2.32. The largest absolute Gasteiger partial charge is 0.480 e. The second-order valence-electron chi connectivity index (χ2n) is 25.2. The van der Waals surface area contributed by atoms with Crippen LogP contribution in [0.1, 0.15) is 169 Å². The van der Waals surface area contributed by atoms with E-state index in [-0.39, 0.29) is 105 Å². The predicted octanol–water partition coefficient (Wildman–Crippen LogP) is 3.08. The molecule has 15 N–H and O–H groups in total. The Kier molecular flexibility index (Phi) is 25.5. The maximum absolute atomic E-state index is 13.5. The van der Waals surface area contributed by atoms with Gasteiger partial charge in [-0.25, -0.2) is 19.2 Å². The van der Waals surface area contributed by atoms with Crippen molar-refractivity contribution in [3.05, 3.63) is 12.7 Å². The van der Waals surface area contributed by atoms with Crippen LogP contribution in [0.25, 0.3) is 0 Å². The number of unbranched alkanes of at least 4 members (excludes halogenated alkanes) is 5. The van der Waals surface area contributed by atoms with Crippen LogP contribution in [-0.2, 0) is 28.8 Å². The normalized spacial score (nSPS) is 34.2. The minimum atomic E-state index is -1.76. The molecule has 0 aromatic carbocycles. The summed E-state index contributed by atoms with van der Waals surface area (Å²) in [5.74, 6) is -1.00. The van der Waals surface area contributed by atoms with Gasteiger partial charge in [0.1, 0.15) is 18.1 Å². The lowest BCUT2D eigenvalue weighted by Crippen LogP contribution is -2.51. The zero-order valence-corrected chi connectivity index (χ0v) is 48.8. The lowest BCUT2D eigenvalue weighted by atomic mass is 9.76.